The number of nitrogens with two attached hydrogens (primary N) is 1. The van der Waals surface area contributed by atoms with E-state index in [0.29, 0.717) is 6.54 Å². The Morgan fingerprint density at radius 1 is 1.08 bits per heavy atom. The maximum absolute atomic E-state index is 13.0. The van der Waals surface area contributed by atoms with Gasteiger partial charge in [0.2, 0.25) is 0 Å². The summed E-state index contributed by atoms with van der Waals surface area (Å²) in [6.45, 7) is 6.56. The summed E-state index contributed by atoms with van der Waals surface area (Å²) < 4.78 is 13.0. The second kappa shape index (κ2) is 8.89. The highest BCUT2D eigenvalue weighted by Crippen LogP contribution is 2.32. The van der Waals surface area contributed by atoms with Crippen LogP contribution in [0.1, 0.15) is 26.5 Å². The molecule has 3 aromatic rings. The second-order valence-electron chi connectivity index (χ2n) is 5.74. The molecule has 1 aromatic carbocycles. The highest BCUT2D eigenvalue weighted by molar-refractivity contribution is 5.82. The zero-order valence-corrected chi connectivity index (χ0v) is 14.8. The zero-order valence-electron chi connectivity index (χ0n) is 14.8. The van der Waals surface area contributed by atoms with E-state index >= 15 is 0 Å². The lowest BCUT2D eigenvalue weighted by molar-refractivity contribution is 0.628. The minimum absolute atomic E-state index is 0.270. The van der Waals surface area contributed by atoms with Crippen molar-refractivity contribution in [2.24, 2.45) is 5.73 Å². The summed E-state index contributed by atoms with van der Waals surface area (Å²) in [4.78, 5) is 4.01. The number of nitrogens with one attached hydrogen (secondary N) is 1. The second-order valence-corrected chi connectivity index (χ2v) is 5.74. The van der Waals surface area contributed by atoms with Crippen molar-refractivity contribution in [1.29, 1.82) is 0 Å². The van der Waals surface area contributed by atoms with Crippen LogP contribution in [0.4, 0.5) is 4.39 Å². The van der Waals surface area contributed by atoms with E-state index in [-0.39, 0.29) is 5.82 Å². The van der Waals surface area contributed by atoms with Gasteiger partial charge in [-0.05, 0) is 62.7 Å². The number of allylic oxidation sites excluding steroid dienone is 2. The van der Waals surface area contributed by atoms with Gasteiger partial charge in [-0.1, -0.05) is 11.6 Å². The summed E-state index contributed by atoms with van der Waals surface area (Å²) in [5.74, 6) is -0.270. The van der Waals surface area contributed by atoms with Crippen molar-refractivity contribution in [3.8, 4) is 22.4 Å². The largest absolute Gasteiger partial charge is 0.325 e. The monoisotopic (exact) mass is 338 g/mol. The van der Waals surface area contributed by atoms with Crippen LogP contribution < -0.4 is 5.73 Å². The van der Waals surface area contributed by atoms with Crippen LogP contribution in [0.25, 0.3) is 22.4 Å². The summed E-state index contributed by atoms with van der Waals surface area (Å²) in [6, 6.07) is 10.0. The van der Waals surface area contributed by atoms with Crippen molar-refractivity contribution in [3.63, 3.8) is 0 Å². The molecule has 0 atom stereocenters. The van der Waals surface area contributed by atoms with E-state index in [4.69, 9.17) is 5.73 Å². The van der Waals surface area contributed by atoms with E-state index in [1.165, 1.54) is 17.7 Å². The van der Waals surface area contributed by atoms with Gasteiger partial charge in [-0.25, -0.2) is 4.39 Å². The molecule has 0 saturated heterocycles. The van der Waals surface area contributed by atoms with Gasteiger partial charge in [0.25, 0.3) is 0 Å². The van der Waals surface area contributed by atoms with E-state index in [2.05, 4.69) is 35.1 Å². The van der Waals surface area contributed by atoms with Gasteiger partial charge in [0.15, 0.2) is 0 Å². The molecule has 0 aliphatic heterocycles. The van der Waals surface area contributed by atoms with Crippen LogP contribution in [0.15, 0.2) is 60.4 Å². The summed E-state index contributed by atoms with van der Waals surface area (Å²) in [5, 5.41) is 7.26. The number of hydrogen-bond acceptors (Lipinski definition) is 3. The lowest BCUT2D eigenvalue weighted by Gasteiger charge is -2.05. The maximum Gasteiger partial charge on any atom is 0.123 e. The number of pyridine rings is 1. The molecule has 0 unspecified atom stereocenters. The number of H-pyrrole nitrogens is 1. The Labute approximate surface area is 147 Å². The van der Waals surface area contributed by atoms with Crippen LogP contribution in [0.3, 0.4) is 0 Å². The van der Waals surface area contributed by atoms with Crippen molar-refractivity contribution in [1.82, 2.24) is 15.2 Å². The Morgan fingerprint density at radius 3 is 2.20 bits per heavy atom. The van der Waals surface area contributed by atoms with E-state index in [0.717, 1.165) is 28.1 Å². The molecule has 25 heavy (non-hydrogen) atoms. The van der Waals surface area contributed by atoms with E-state index in [1.54, 1.807) is 24.5 Å². The molecule has 2 aromatic heterocycles. The maximum atomic E-state index is 13.0. The van der Waals surface area contributed by atoms with Crippen molar-refractivity contribution in [3.05, 3.63) is 72.0 Å². The predicted molar refractivity (Wildman–Crippen MR) is 100 cm³/mol. The summed E-state index contributed by atoms with van der Waals surface area (Å²) >= 11 is 0. The summed E-state index contributed by atoms with van der Waals surface area (Å²) in [5.41, 5.74) is 11.5. The third-order valence-corrected chi connectivity index (χ3v) is 3.71. The smallest absolute Gasteiger partial charge is 0.123 e. The molecule has 0 amide bonds. The lowest BCUT2D eigenvalue weighted by atomic mass is 10.00. The van der Waals surface area contributed by atoms with Crippen LogP contribution in [0.5, 0.6) is 0 Å². The molecule has 5 heteroatoms. The van der Waals surface area contributed by atoms with Crippen molar-refractivity contribution < 1.29 is 4.39 Å². The number of halogens is 1. The number of aromatic amines is 1. The summed E-state index contributed by atoms with van der Waals surface area (Å²) in [6.07, 6.45) is 5.52. The molecule has 3 rings (SSSR count). The highest BCUT2D eigenvalue weighted by atomic mass is 19.1. The van der Waals surface area contributed by atoms with E-state index < -0.39 is 0 Å². The van der Waals surface area contributed by atoms with Gasteiger partial charge in [0, 0.05) is 30.1 Å². The van der Waals surface area contributed by atoms with Crippen LogP contribution in [0, 0.1) is 5.82 Å². The van der Waals surface area contributed by atoms with Crippen molar-refractivity contribution in [2.75, 3.05) is 0 Å². The van der Waals surface area contributed by atoms with E-state index in [1.807, 2.05) is 19.1 Å². The summed E-state index contributed by atoms with van der Waals surface area (Å²) in [7, 11) is 0. The molecule has 0 bridgehead atoms. The Hall–Kier alpha value is -2.79. The highest BCUT2D eigenvalue weighted by Gasteiger charge is 2.15. The number of benzene rings is 1. The van der Waals surface area contributed by atoms with Gasteiger partial charge >= 0.3 is 0 Å². The number of rotatable bonds is 3. The number of aromatic nitrogens is 3. The normalized spacial score (nSPS) is 9.96. The Morgan fingerprint density at radius 2 is 1.68 bits per heavy atom. The SMILES string of the molecule is CC=C(C)C.NCc1[nH]nc(-c2ccc(F)cc2)c1-c1ccncc1. The van der Waals surface area contributed by atoms with Gasteiger partial charge in [-0.3, -0.25) is 10.1 Å². The minimum Gasteiger partial charge on any atom is -0.325 e. The van der Waals surface area contributed by atoms with Gasteiger partial charge in [0.05, 0.1) is 5.69 Å². The Kier molecular flexibility index (Phi) is 6.60. The fraction of sp³-hybridized carbons (Fsp3) is 0.200. The topological polar surface area (TPSA) is 67.6 Å². The zero-order chi connectivity index (χ0) is 18.2. The number of nitrogens with zero attached hydrogens (tertiary/aromatic N) is 2. The first kappa shape index (κ1) is 18.5. The molecule has 0 aliphatic carbocycles. The average molecular weight is 338 g/mol. The molecule has 4 nitrogen and oxygen atoms in total. The lowest BCUT2D eigenvalue weighted by Crippen LogP contribution is -1.98. The van der Waals surface area contributed by atoms with Crippen molar-refractivity contribution >= 4 is 0 Å². The van der Waals surface area contributed by atoms with Crippen LogP contribution in [-0.4, -0.2) is 15.2 Å². The van der Waals surface area contributed by atoms with Gasteiger partial charge in [0.1, 0.15) is 11.5 Å². The average Bonchev–Trinajstić information content (AvgIpc) is 3.07. The number of hydrogen-bond donors (Lipinski definition) is 2. The molecular weight excluding hydrogens is 315 g/mol. The Balaban J connectivity index is 0.000000399. The van der Waals surface area contributed by atoms with Gasteiger partial charge in [-0.2, -0.15) is 5.10 Å². The first-order valence-corrected chi connectivity index (χ1v) is 8.10. The fourth-order valence-corrected chi connectivity index (χ4v) is 2.17. The third kappa shape index (κ3) is 4.84. The molecule has 0 aliphatic rings. The van der Waals surface area contributed by atoms with Gasteiger partial charge in [-0.15, -0.1) is 0 Å². The van der Waals surface area contributed by atoms with Crippen LogP contribution in [-0.2, 0) is 6.54 Å². The quantitative estimate of drug-likeness (QED) is 0.680. The fourth-order valence-electron chi connectivity index (χ4n) is 2.17. The third-order valence-electron chi connectivity index (χ3n) is 3.71. The molecular formula is C20H23FN4. The first-order valence-electron chi connectivity index (χ1n) is 8.10. The predicted octanol–water partition coefficient (Wildman–Crippen LogP) is 4.71. The molecule has 0 saturated carbocycles. The van der Waals surface area contributed by atoms with Crippen LogP contribution >= 0.6 is 0 Å². The van der Waals surface area contributed by atoms with Crippen molar-refractivity contribution in [2.45, 2.75) is 27.3 Å². The molecule has 2 heterocycles. The molecule has 0 fully saturated rings. The molecule has 0 spiro atoms. The molecule has 3 N–H and O–H groups in total. The van der Waals surface area contributed by atoms with Gasteiger partial charge < -0.3 is 5.73 Å². The minimum atomic E-state index is -0.270. The molecule has 130 valence electrons. The Bertz CT molecular complexity index is 817. The standard InChI is InChI=1S/C15H13FN4.C5H10/c16-12-3-1-11(2-4-12)15-14(13(9-17)19-20-15)10-5-7-18-8-6-10;1-4-5(2)3/h1-8H,9,17H2,(H,19,20);4H,1-3H3. The molecule has 0 radical (unpaired) electrons. The van der Waals surface area contributed by atoms with E-state index in [9.17, 15) is 4.39 Å². The van der Waals surface area contributed by atoms with Crippen LogP contribution in [0.2, 0.25) is 0 Å². The first-order chi connectivity index (χ1) is 12.1.